The van der Waals surface area contributed by atoms with Crippen LogP contribution in [-0.2, 0) is 12.5 Å². The van der Waals surface area contributed by atoms with E-state index in [-0.39, 0.29) is 5.41 Å². The van der Waals surface area contributed by atoms with Crippen molar-refractivity contribution >= 4 is 0 Å². The molecule has 0 amide bonds. The molecule has 0 aliphatic rings. The highest BCUT2D eigenvalue weighted by molar-refractivity contribution is 5.32. The van der Waals surface area contributed by atoms with Gasteiger partial charge in [0, 0.05) is 42.2 Å². The maximum Gasteiger partial charge on any atom is 0.115 e. The minimum atomic E-state index is -0.742. The van der Waals surface area contributed by atoms with Gasteiger partial charge < -0.3 is 5.11 Å². The molecular formula is C13H18N4O. The number of hydrogen-bond acceptors (Lipinski definition) is 4. The van der Waals surface area contributed by atoms with Crippen LogP contribution in [0.3, 0.4) is 0 Å². The molecule has 2 aromatic heterocycles. The Labute approximate surface area is 107 Å². The van der Waals surface area contributed by atoms with E-state index in [1.165, 1.54) is 6.33 Å². The van der Waals surface area contributed by atoms with Gasteiger partial charge in [0.2, 0.25) is 0 Å². The van der Waals surface area contributed by atoms with Gasteiger partial charge in [-0.15, -0.1) is 0 Å². The van der Waals surface area contributed by atoms with Crippen LogP contribution < -0.4 is 0 Å². The normalized spacial score (nSPS) is 13.6. The zero-order valence-corrected chi connectivity index (χ0v) is 11.1. The van der Waals surface area contributed by atoms with Crippen molar-refractivity contribution in [2.75, 3.05) is 0 Å². The molecule has 2 aromatic rings. The molecule has 2 rings (SSSR count). The molecule has 0 spiro atoms. The van der Waals surface area contributed by atoms with Gasteiger partial charge >= 0.3 is 0 Å². The van der Waals surface area contributed by atoms with Gasteiger partial charge in [-0.1, -0.05) is 20.8 Å². The maximum absolute atomic E-state index is 10.4. The Morgan fingerprint density at radius 2 is 1.83 bits per heavy atom. The van der Waals surface area contributed by atoms with Crippen molar-refractivity contribution in [3.8, 4) is 0 Å². The van der Waals surface area contributed by atoms with E-state index in [0.29, 0.717) is 5.56 Å². The van der Waals surface area contributed by atoms with Crippen molar-refractivity contribution in [1.29, 1.82) is 0 Å². The Hall–Kier alpha value is -1.75. The van der Waals surface area contributed by atoms with E-state index >= 15 is 0 Å². The molecule has 1 atom stereocenters. The summed E-state index contributed by atoms with van der Waals surface area (Å²) in [5, 5.41) is 14.9. The Kier molecular flexibility index (Phi) is 3.17. The van der Waals surface area contributed by atoms with Gasteiger partial charge in [-0.05, 0) is 0 Å². The first-order valence-electron chi connectivity index (χ1n) is 5.86. The lowest BCUT2D eigenvalue weighted by molar-refractivity contribution is 0.216. The third kappa shape index (κ3) is 2.41. The van der Waals surface area contributed by atoms with Gasteiger partial charge in [0.25, 0.3) is 0 Å². The topological polar surface area (TPSA) is 63.8 Å². The van der Waals surface area contributed by atoms with Gasteiger partial charge in [0.1, 0.15) is 12.4 Å². The molecule has 0 aromatic carbocycles. The summed E-state index contributed by atoms with van der Waals surface area (Å²) < 4.78 is 1.73. The predicted octanol–water partition coefficient (Wildman–Crippen LogP) is 1.59. The van der Waals surface area contributed by atoms with E-state index in [4.69, 9.17) is 0 Å². The minimum absolute atomic E-state index is 0.118. The zero-order chi connectivity index (χ0) is 13.3. The quantitative estimate of drug-likeness (QED) is 0.874. The van der Waals surface area contributed by atoms with E-state index in [9.17, 15) is 5.11 Å². The first-order chi connectivity index (χ1) is 8.39. The molecule has 0 aliphatic carbocycles. The van der Waals surface area contributed by atoms with E-state index in [1.54, 1.807) is 17.1 Å². The molecule has 0 saturated heterocycles. The largest absolute Gasteiger partial charge is 0.383 e. The number of aliphatic hydroxyl groups is 1. The maximum atomic E-state index is 10.4. The summed E-state index contributed by atoms with van der Waals surface area (Å²) in [6, 6.07) is 0. The summed E-state index contributed by atoms with van der Waals surface area (Å²) in [5.74, 6) is 0. The summed E-state index contributed by atoms with van der Waals surface area (Å²) in [6.45, 7) is 6.23. The fourth-order valence-corrected chi connectivity index (χ4v) is 1.92. The molecule has 1 N–H and O–H groups in total. The van der Waals surface area contributed by atoms with Crippen LogP contribution >= 0.6 is 0 Å². The smallest absolute Gasteiger partial charge is 0.115 e. The molecule has 18 heavy (non-hydrogen) atoms. The Balaban J connectivity index is 2.46. The Morgan fingerprint density at radius 3 is 2.39 bits per heavy atom. The average Bonchev–Trinajstić information content (AvgIpc) is 2.71. The Morgan fingerprint density at radius 1 is 1.22 bits per heavy atom. The zero-order valence-electron chi connectivity index (χ0n) is 11.1. The van der Waals surface area contributed by atoms with Crippen LogP contribution in [0, 0.1) is 0 Å². The molecular weight excluding hydrogens is 228 g/mol. The lowest BCUT2D eigenvalue weighted by atomic mass is 9.87. The number of hydrogen-bond donors (Lipinski definition) is 1. The number of aliphatic hydroxyl groups excluding tert-OH is 1. The van der Waals surface area contributed by atoms with E-state index in [0.717, 1.165) is 11.3 Å². The second-order valence-electron chi connectivity index (χ2n) is 5.43. The fourth-order valence-electron chi connectivity index (χ4n) is 1.92. The van der Waals surface area contributed by atoms with Crippen molar-refractivity contribution in [3.63, 3.8) is 0 Å². The van der Waals surface area contributed by atoms with Crippen molar-refractivity contribution < 1.29 is 5.11 Å². The van der Waals surface area contributed by atoms with Crippen LogP contribution in [0.15, 0.2) is 24.9 Å². The molecule has 0 aliphatic heterocycles. The van der Waals surface area contributed by atoms with Crippen LogP contribution in [-0.4, -0.2) is 24.9 Å². The standard InChI is InChI=1S/C13H18N4O/c1-13(2,3)12-10(7-17(4)16-12)11(18)9-5-14-8-15-6-9/h5-8,11,18H,1-4H3. The highest BCUT2D eigenvalue weighted by Crippen LogP contribution is 2.30. The molecule has 0 fully saturated rings. The van der Waals surface area contributed by atoms with Crippen LogP contribution in [0.2, 0.25) is 0 Å². The van der Waals surface area contributed by atoms with Gasteiger partial charge in [-0.3, -0.25) is 4.68 Å². The van der Waals surface area contributed by atoms with Crippen LogP contribution in [0.1, 0.15) is 43.7 Å². The van der Waals surface area contributed by atoms with Crippen LogP contribution in [0.25, 0.3) is 0 Å². The molecule has 0 radical (unpaired) electrons. The van der Waals surface area contributed by atoms with Crippen LogP contribution in [0.5, 0.6) is 0 Å². The molecule has 96 valence electrons. The highest BCUT2D eigenvalue weighted by atomic mass is 16.3. The van der Waals surface area contributed by atoms with E-state index in [1.807, 2.05) is 13.2 Å². The number of aromatic nitrogens is 4. The van der Waals surface area contributed by atoms with Crippen molar-refractivity contribution in [2.45, 2.75) is 32.3 Å². The summed E-state index contributed by atoms with van der Waals surface area (Å²) in [6.07, 6.45) is 5.80. The lowest BCUT2D eigenvalue weighted by Crippen LogP contribution is -2.16. The minimum Gasteiger partial charge on any atom is -0.383 e. The second kappa shape index (κ2) is 4.49. The average molecular weight is 246 g/mol. The predicted molar refractivity (Wildman–Crippen MR) is 68.0 cm³/mol. The highest BCUT2D eigenvalue weighted by Gasteiger charge is 2.26. The molecule has 1 unspecified atom stereocenters. The molecule has 2 heterocycles. The van der Waals surface area contributed by atoms with E-state index < -0.39 is 6.10 Å². The van der Waals surface area contributed by atoms with Gasteiger partial charge in [0.15, 0.2) is 0 Å². The molecule has 0 saturated carbocycles. The van der Waals surface area contributed by atoms with Crippen molar-refractivity contribution in [1.82, 2.24) is 19.7 Å². The third-order valence-corrected chi connectivity index (χ3v) is 2.76. The summed E-state index contributed by atoms with van der Waals surface area (Å²) in [7, 11) is 1.85. The van der Waals surface area contributed by atoms with E-state index in [2.05, 4.69) is 35.8 Å². The van der Waals surface area contributed by atoms with Gasteiger partial charge in [0.05, 0.1) is 5.69 Å². The number of rotatable bonds is 2. The molecule has 5 nitrogen and oxygen atoms in total. The van der Waals surface area contributed by atoms with Gasteiger partial charge in [-0.2, -0.15) is 5.10 Å². The second-order valence-corrected chi connectivity index (χ2v) is 5.43. The number of nitrogens with zero attached hydrogens (tertiary/aromatic N) is 4. The third-order valence-electron chi connectivity index (χ3n) is 2.76. The summed E-state index contributed by atoms with van der Waals surface area (Å²) in [5.41, 5.74) is 2.25. The monoisotopic (exact) mass is 246 g/mol. The summed E-state index contributed by atoms with van der Waals surface area (Å²) >= 11 is 0. The SMILES string of the molecule is Cn1cc(C(O)c2cncnc2)c(C(C)(C)C)n1. The summed E-state index contributed by atoms with van der Waals surface area (Å²) in [4.78, 5) is 7.86. The fraction of sp³-hybridized carbons (Fsp3) is 0.462. The Bertz CT molecular complexity index is 528. The number of aryl methyl sites for hydroxylation is 1. The molecule has 0 bridgehead atoms. The van der Waals surface area contributed by atoms with Gasteiger partial charge in [-0.25, -0.2) is 9.97 Å². The first kappa shape index (κ1) is 12.7. The van der Waals surface area contributed by atoms with Crippen LogP contribution in [0.4, 0.5) is 0 Å². The van der Waals surface area contributed by atoms with Crippen molar-refractivity contribution in [2.24, 2.45) is 7.05 Å². The first-order valence-corrected chi connectivity index (χ1v) is 5.86. The van der Waals surface area contributed by atoms with Crippen molar-refractivity contribution in [3.05, 3.63) is 41.7 Å². The lowest BCUT2D eigenvalue weighted by Gasteiger charge is -2.19. The molecule has 5 heteroatoms.